The number of fused-ring (bicyclic) bond motifs is 6. The molecule has 6 fully saturated rings. The lowest BCUT2D eigenvalue weighted by Gasteiger charge is -2.47. The molecule has 0 unspecified atom stereocenters. The molecular formula is C96H151ClN2O25. The van der Waals surface area contributed by atoms with Crippen molar-refractivity contribution in [1.29, 1.82) is 0 Å². The average molecular weight is 1770 g/mol. The maximum absolute atomic E-state index is 14.5. The van der Waals surface area contributed by atoms with E-state index >= 15 is 0 Å². The molecule has 0 aromatic rings. The monoisotopic (exact) mass is 1770 g/mol. The van der Waals surface area contributed by atoms with Gasteiger partial charge in [0.15, 0.2) is 5.78 Å². The molecule has 4 saturated heterocycles. The van der Waals surface area contributed by atoms with Crippen LogP contribution < -0.4 is 0 Å². The molecule has 8 rings (SSSR count). The molecule has 2 aliphatic carbocycles. The summed E-state index contributed by atoms with van der Waals surface area (Å²) >= 11 is 6.52. The van der Waals surface area contributed by atoms with E-state index in [0.717, 1.165) is 30.4 Å². The summed E-state index contributed by atoms with van der Waals surface area (Å²) in [5.41, 5.74) is 2.97. The number of hydrogen-bond acceptors (Lipinski definition) is 25. The van der Waals surface area contributed by atoms with Crippen LogP contribution in [0, 0.1) is 65.1 Å². The Balaban J connectivity index is 0.000000347. The number of Topliss-reactive ketones (excluding diaryl/α,β-unsaturated/α-hetero) is 5. The molecule has 4 bridgehead atoms. The number of rotatable bonds is 15. The number of carbonyl (C=O) groups is 9. The van der Waals surface area contributed by atoms with Crippen LogP contribution in [-0.4, -0.2) is 265 Å². The van der Waals surface area contributed by atoms with E-state index in [1.54, 1.807) is 62.0 Å². The van der Waals surface area contributed by atoms with E-state index < -0.39 is 156 Å². The topological polar surface area (TPSA) is 363 Å². The maximum atomic E-state index is 14.5. The molecule has 6 heterocycles. The van der Waals surface area contributed by atoms with Crippen molar-refractivity contribution < 1.29 is 121 Å². The lowest BCUT2D eigenvalue weighted by Crippen LogP contribution is -2.64. The van der Waals surface area contributed by atoms with Crippen LogP contribution in [0.4, 0.5) is 0 Å². The number of halogens is 1. The van der Waals surface area contributed by atoms with Crippen LogP contribution >= 0.6 is 11.6 Å². The second kappa shape index (κ2) is 50.0. The molecule has 0 aromatic heterocycles. The van der Waals surface area contributed by atoms with E-state index in [0.29, 0.717) is 107 Å². The summed E-state index contributed by atoms with van der Waals surface area (Å²) in [7, 11) is 9.30. The van der Waals surface area contributed by atoms with Crippen LogP contribution in [0.2, 0.25) is 0 Å². The minimum Gasteiger partial charge on any atom is -0.460 e. The van der Waals surface area contributed by atoms with Crippen molar-refractivity contribution in [2.24, 2.45) is 65.1 Å². The largest absolute Gasteiger partial charge is 0.460 e. The van der Waals surface area contributed by atoms with E-state index in [2.05, 4.69) is 6.92 Å². The number of amides is 2. The molecule has 8 aliphatic rings. The van der Waals surface area contributed by atoms with Crippen LogP contribution in [0.5, 0.6) is 0 Å². The van der Waals surface area contributed by atoms with Gasteiger partial charge in [0, 0.05) is 111 Å². The number of aliphatic hydroxyl groups is 5. The Morgan fingerprint density at radius 1 is 0.613 bits per heavy atom. The van der Waals surface area contributed by atoms with Gasteiger partial charge in [0.1, 0.15) is 54.2 Å². The van der Waals surface area contributed by atoms with Crippen molar-refractivity contribution in [1.82, 2.24) is 9.80 Å². The smallest absolute Gasteiger partial charge is 0.329 e. The molecule has 2 saturated carbocycles. The van der Waals surface area contributed by atoms with Crippen molar-refractivity contribution in [2.75, 3.05) is 69.0 Å². The van der Waals surface area contributed by atoms with Gasteiger partial charge in [-0.2, -0.15) is 0 Å². The first-order chi connectivity index (χ1) is 58.8. The van der Waals surface area contributed by atoms with Gasteiger partial charge >= 0.3 is 11.9 Å². The van der Waals surface area contributed by atoms with E-state index in [9.17, 15) is 68.7 Å². The Labute approximate surface area is 742 Å². The zero-order valence-corrected chi connectivity index (χ0v) is 78.2. The van der Waals surface area contributed by atoms with Crippen LogP contribution in [0.3, 0.4) is 0 Å². The number of methoxy groups -OCH3 is 6. The van der Waals surface area contributed by atoms with Crippen molar-refractivity contribution in [3.63, 3.8) is 0 Å². The summed E-state index contributed by atoms with van der Waals surface area (Å²) in [4.78, 5) is 130. The predicted molar refractivity (Wildman–Crippen MR) is 468 cm³/mol. The molecule has 2 amide bonds. The van der Waals surface area contributed by atoms with E-state index in [-0.39, 0.29) is 129 Å². The molecule has 28 heteroatoms. The highest BCUT2D eigenvalue weighted by molar-refractivity contribution is 6.39. The van der Waals surface area contributed by atoms with Gasteiger partial charge in [0.2, 0.25) is 11.6 Å². The van der Waals surface area contributed by atoms with Crippen LogP contribution in [0.25, 0.3) is 0 Å². The van der Waals surface area contributed by atoms with Gasteiger partial charge in [-0.05, 0) is 202 Å². The Kier molecular flexibility index (Phi) is 42.5. The zero-order valence-electron chi connectivity index (χ0n) is 77.5. The van der Waals surface area contributed by atoms with Crippen molar-refractivity contribution in [3.8, 4) is 0 Å². The van der Waals surface area contributed by atoms with Crippen LogP contribution in [0.1, 0.15) is 238 Å². The third kappa shape index (κ3) is 28.0. The maximum Gasteiger partial charge on any atom is 0.329 e. The van der Waals surface area contributed by atoms with Gasteiger partial charge in [-0.3, -0.25) is 33.6 Å². The lowest BCUT2D eigenvalue weighted by atomic mass is 9.78. The Bertz CT molecular complexity index is 3710. The molecule has 0 spiro atoms. The Morgan fingerprint density at radius 2 is 1.23 bits per heavy atom. The summed E-state index contributed by atoms with van der Waals surface area (Å²) in [6, 6.07) is -2.26. The lowest BCUT2D eigenvalue weighted by molar-refractivity contribution is -0.302. The summed E-state index contributed by atoms with van der Waals surface area (Å²) in [5.74, 6) is -15.3. The molecule has 5 N–H and O–H groups in total. The molecule has 29 atom stereocenters. The van der Waals surface area contributed by atoms with E-state index in [1.165, 1.54) is 31.1 Å². The SMILES string of the molecule is CC[C@@H]1/C=C(\C)C[C@H](C)C[C@H](OC)[C@H]2O[C@@](O)(C(=O)C(=O)N3CCCC[C@H]3C(=O)O[C@H](/C(C)=C/[C@@H]3CC[C@H](Cl)[C@H](OC)C3)[C@H](C)[C@@H](O)CC1=O)[C@H](C)C[C@@H]2OC.CO[C@H]1C[C@@H]2CC[C@@H](C)[C@@](O)(O2)C(=O)C(=O)N2CCCC[C@H]2C(=O)O[C@H]([C@H](C)C[C@@H]2CC[C@@H](OCCO)[C@H](OC)C2)CC(=O)[C@H](C)/C=C(\C)[C@@H](O)[C@@H](OC)C(=O)[C@H](C)C[C@H](C)\C=C/C=C/C=C/1C. The number of cyclic esters (lactones) is 2. The van der Waals surface area contributed by atoms with Crippen LogP contribution in [0.15, 0.2) is 70.9 Å². The van der Waals surface area contributed by atoms with Gasteiger partial charge in [-0.25, -0.2) is 9.59 Å². The fourth-order valence-corrected chi connectivity index (χ4v) is 20.2. The number of allylic oxidation sites excluding steroid dienone is 9. The van der Waals surface area contributed by atoms with Gasteiger partial charge in [0.05, 0.1) is 67.4 Å². The second-order valence-electron chi connectivity index (χ2n) is 37.3. The van der Waals surface area contributed by atoms with Gasteiger partial charge in [-0.15, -0.1) is 11.6 Å². The van der Waals surface area contributed by atoms with Gasteiger partial charge < -0.3 is 87.4 Å². The fraction of sp³-hybridized carbons (Fsp3) is 0.781. The molecular weight excluding hydrogens is 1620 g/mol. The van der Waals surface area contributed by atoms with Gasteiger partial charge in [0.25, 0.3) is 23.4 Å². The molecule has 0 aromatic carbocycles. The number of piperidine rings is 2. The summed E-state index contributed by atoms with van der Waals surface area (Å²) in [5, 5.41) is 56.4. The minimum atomic E-state index is -2.49. The normalized spacial score (nSPS) is 40.2. The predicted octanol–water partition coefficient (Wildman–Crippen LogP) is 11.9. The molecule has 124 heavy (non-hydrogen) atoms. The number of esters is 2. The number of hydrogen-bond donors (Lipinski definition) is 5. The number of carbonyl (C=O) groups excluding carboxylic acids is 9. The third-order valence-corrected chi connectivity index (χ3v) is 28.2. The van der Waals surface area contributed by atoms with E-state index in [4.69, 9.17) is 63.7 Å². The fourth-order valence-electron chi connectivity index (χ4n) is 19.9. The molecule has 702 valence electrons. The second-order valence-corrected chi connectivity index (χ2v) is 37.8. The van der Waals surface area contributed by atoms with E-state index in [1.807, 2.05) is 91.0 Å². The van der Waals surface area contributed by atoms with Crippen molar-refractivity contribution in [2.45, 2.75) is 346 Å². The number of ketones is 5. The summed E-state index contributed by atoms with van der Waals surface area (Å²) < 4.78 is 65.4. The van der Waals surface area contributed by atoms with Crippen LogP contribution in [-0.2, 0) is 95.3 Å². The third-order valence-electron chi connectivity index (χ3n) is 27.7. The quantitative estimate of drug-likeness (QED) is 0.0440. The zero-order chi connectivity index (χ0) is 91.8. The van der Waals surface area contributed by atoms with Crippen molar-refractivity contribution >= 4 is 64.3 Å². The number of aliphatic hydroxyl groups excluding tert-OH is 3. The first kappa shape index (κ1) is 105. The number of nitrogens with zero attached hydrogens (tertiary/aromatic N) is 2. The van der Waals surface area contributed by atoms with Crippen molar-refractivity contribution in [3.05, 3.63) is 70.9 Å². The Hall–Kier alpha value is -5.60. The molecule has 27 nitrogen and oxygen atoms in total. The number of alkyl halides is 1. The first-order valence-corrected chi connectivity index (χ1v) is 46.2. The minimum absolute atomic E-state index is 0.0158. The summed E-state index contributed by atoms with van der Waals surface area (Å²) in [6.07, 6.45) is 17.2. The number of ether oxygens (including phenoxy) is 11. The molecule has 0 radical (unpaired) electrons. The average Bonchev–Trinajstić information content (AvgIpc) is 0.771. The molecule has 6 aliphatic heterocycles. The Morgan fingerprint density at radius 3 is 1.82 bits per heavy atom. The highest BCUT2D eigenvalue weighted by Crippen LogP contribution is 2.43. The van der Waals surface area contributed by atoms with Gasteiger partial charge in [-0.1, -0.05) is 116 Å². The first-order valence-electron chi connectivity index (χ1n) is 45.7. The summed E-state index contributed by atoms with van der Waals surface area (Å²) in [6.45, 7) is 24.2. The highest BCUT2D eigenvalue weighted by Gasteiger charge is 2.58. The standard InChI is InChI=1S/C53H83NO14.C43H68ClNO11/c1-32-16-12-11-13-17-33(2)44(63-8)30-40-21-19-38(7)53(62,68-40)50(59)51(60)54-23-15-14-18-41(54)52(61)67-45(35(4)28-39-20-22-43(66-25-24-55)46(29-39)64-9)31-42(56)34(3)27-37(6)48(58)49(65-10)47(57)36(5)26-32;1-10-30-18-24(2)17-25(3)19-36(53-8)39-37(54-9)21-27(5)43(51,56-39)40(48)41(49)45-16-12-11-13-32(45)42(50)55-38(28(6)33(46)23-34(30)47)26(4)20-29-14-15-31(44)35(22-29)52-7/h11-13,16-17,27,32,34-36,38-41,43-46,48-49,55,58,62H,14-15,18-26,28-31H2,1-10H3;18,20,25,27-33,35-39,46,51H,10-17,19,21-23H2,1-9H3/b13-11+,16-12-,33-17+,37-27+;24-18+,26-20+/t32-,34-,35-,36-,38-,39+,40+,41+,43-,44+,45+,46-,48-,49+,53-;25-,27+,28+,29-,30+,31-,32-,33-,35+,36-,37-,38+,39+,43+/m10/s1. The highest BCUT2D eigenvalue weighted by atomic mass is 35.5.